The number of hydrogen-bond donors (Lipinski definition) is 3. The van der Waals surface area contributed by atoms with Gasteiger partial charge in [0, 0.05) is 19.4 Å². The van der Waals surface area contributed by atoms with Crippen molar-refractivity contribution in [2.45, 2.75) is 72.1 Å². The summed E-state index contributed by atoms with van der Waals surface area (Å²) < 4.78 is 10.6. The van der Waals surface area contributed by atoms with Crippen LogP contribution in [0.3, 0.4) is 0 Å². The summed E-state index contributed by atoms with van der Waals surface area (Å²) in [5.74, 6) is 0.141. The molecule has 6 nitrogen and oxygen atoms in total. The van der Waals surface area contributed by atoms with Crippen molar-refractivity contribution in [1.82, 2.24) is 0 Å². The first-order valence-corrected chi connectivity index (χ1v) is 7.19. The molecule has 0 bridgehead atoms. The van der Waals surface area contributed by atoms with Gasteiger partial charge in [-0.3, -0.25) is 0 Å². The Morgan fingerprint density at radius 1 is 1.20 bits per heavy atom. The lowest BCUT2D eigenvalue weighted by Gasteiger charge is -2.22. The second-order valence-electron chi connectivity index (χ2n) is 4.31. The second-order valence-corrected chi connectivity index (χ2v) is 4.31. The van der Waals surface area contributed by atoms with Crippen LogP contribution in [-0.4, -0.2) is 53.0 Å². The van der Waals surface area contributed by atoms with Gasteiger partial charge < -0.3 is 29.6 Å². The van der Waals surface area contributed by atoms with Gasteiger partial charge >= 0.3 is 0 Å². The SMILES string of the molecule is CC.CC(=O)CCCCOC(CC(O)O)OC(C)CO. The Morgan fingerprint density at radius 2 is 1.80 bits per heavy atom. The first-order chi connectivity index (χ1) is 9.45. The van der Waals surface area contributed by atoms with Crippen LogP contribution in [0.15, 0.2) is 0 Å². The molecule has 0 amide bonds. The molecule has 0 heterocycles. The summed E-state index contributed by atoms with van der Waals surface area (Å²) in [6, 6.07) is 0. The third-order valence-corrected chi connectivity index (χ3v) is 2.27. The lowest BCUT2D eigenvalue weighted by Crippen LogP contribution is -2.29. The van der Waals surface area contributed by atoms with Crippen LogP contribution in [0.25, 0.3) is 0 Å². The van der Waals surface area contributed by atoms with Gasteiger partial charge in [-0.05, 0) is 26.7 Å². The van der Waals surface area contributed by atoms with E-state index in [2.05, 4.69) is 0 Å². The molecule has 122 valence electrons. The molecule has 0 radical (unpaired) electrons. The van der Waals surface area contributed by atoms with Gasteiger partial charge in [0.15, 0.2) is 12.6 Å². The lowest BCUT2D eigenvalue weighted by molar-refractivity contribution is -0.206. The summed E-state index contributed by atoms with van der Waals surface area (Å²) in [7, 11) is 0. The smallest absolute Gasteiger partial charge is 0.162 e. The summed E-state index contributed by atoms with van der Waals surface area (Å²) >= 11 is 0. The molecule has 2 unspecified atom stereocenters. The lowest BCUT2D eigenvalue weighted by atomic mass is 10.2. The highest BCUT2D eigenvalue weighted by molar-refractivity contribution is 5.75. The molecule has 6 heteroatoms. The van der Waals surface area contributed by atoms with Gasteiger partial charge in [-0.1, -0.05) is 13.8 Å². The fourth-order valence-corrected chi connectivity index (χ4v) is 1.33. The fraction of sp³-hybridized carbons (Fsp3) is 0.929. The van der Waals surface area contributed by atoms with E-state index in [4.69, 9.17) is 24.8 Å². The molecule has 20 heavy (non-hydrogen) atoms. The molecular formula is C14H30O6. The highest BCUT2D eigenvalue weighted by atomic mass is 16.7. The number of aliphatic hydroxyl groups excluding tert-OH is 2. The van der Waals surface area contributed by atoms with Gasteiger partial charge in [0.2, 0.25) is 0 Å². The number of carbonyl (C=O) groups excluding carboxylic acids is 1. The van der Waals surface area contributed by atoms with Crippen LogP contribution in [-0.2, 0) is 14.3 Å². The van der Waals surface area contributed by atoms with E-state index in [1.54, 1.807) is 6.92 Å². The molecule has 0 aromatic rings. The van der Waals surface area contributed by atoms with Crippen molar-refractivity contribution in [1.29, 1.82) is 0 Å². The van der Waals surface area contributed by atoms with E-state index < -0.39 is 18.7 Å². The molecule has 0 aromatic carbocycles. The first kappa shape index (κ1) is 21.8. The average Bonchev–Trinajstić information content (AvgIpc) is 2.39. The van der Waals surface area contributed by atoms with Gasteiger partial charge in [-0.2, -0.15) is 0 Å². The Labute approximate surface area is 121 Å². The van der Waals surface area contributed by atoms with Crippen molar-refractivity contribution >= 4 is 5.78 Å². The number of unbranched alkanes of at least 4 members (excludes halogenated alkanes) is 1. The molecule has 0 aliphatic rings. The maximum atomic E-state index is 10.7. The molecular weight excluding hydrogens is 264 g/mol. The van der Waals surface area contributed by atoms with Crippen molar-refractivity contribution in [3.05, 3.63) is 0 Å². The maximum absolute atomic E-state index is 10.7. The Kier molecular flexibility index (Phi) is 16.2. The van der Waals surface area contributed by atoms with E-state index >= 15 is 0 Å². The number of carbonyl (C=O) groups is 1. The Balaban J connectivity index is 0. The molecule has 0 spiro atoms. The quantitative estimate of drug-likeness (QED) is 0.391. The van der Waals surface area contributed by atoms with Crippen LogP contribution in [0.1, 0.15) is 53.4 Å². The molecule has 0 aromatic heterocycles. The van der Waals surface area contributed by atoms with Gasteiger partial charge in [0.05, 0.1) is 12.7 Å². The summed E-state index contributed by atoms with van der Waals surface area (Å²) in [5, 5.41) is 26.6. The molecule has 0 fully saturated rings. The number of rotatable bonds is 11. The van der Waals surface area contributed by atoms with Crippen LogP contribution in [0.2, 0.25) is 0 Å². The van der Waals surface area contributed by atoms with Gasteiger partial charge in [-0.15, -0.1) is 0 Å². The van der Waals surface area contributed by atoms with Gasteiger partial charge in [0.25, 0.3) is 0 Å². The number of ketones is 1. The third-order valence-electron chi connectivity index (χ3n) is 2.27. The molecule has 0 aliphatic heterocycles. The average molecular weight is 294 g/mol. The van der Waals surface area contributed by atoms with Crippen molar-refractivity contribution < 1.29 is 29.6 Å². The number of ether oxygens (including phenoxy) is 2. The predicted molar refractivity (Wildman–Crippen MR) is 76.1 cm³/mol. The molecule has 3 N–H and O–H groups in total. The zero-order valence-electron chi connectivity index (χ0n) is 13.0. The highest BCUT2D eigenvalue weighted by Gasteiger charge is 2.16. The number of hydrogen-bond acceptors (Lipinski definition) is 6. The van der Waals surface area contributed by atoms with E-state index in [9.17, 15) is 4.79 Å². The largest absolute Gasteiger partial charge is 0.394 e. The molecule has 0 saturated heterocycles. The molecule has 0 aliphatic carbocycles. The van der Waals surface area contributed by atoms with E-state index in [1.807, 2.05) is 13.8 Å². The summed E-state index contributed by atoms with van der Waals surface area (Å²) in [5.41, 5.74) is 0. The van der Waals surface area contributed by atoms with E-state index in [0.717, 1.165) is 6.42 Å². The zero-order chi connectivity index (χ0) is 16.0. The van der Waals surface area contributed by atoms with Crippen LogP contribution in [0, 0.1) is 0 Å². The van der Waals surface area contributed by atoms with Crippen LogP contribution >= 0.6 is 0 Å². The highest BCUT2D eigenvalue weighted by Crippen LogP contribution is 2.08. The molecule has 2 atom stereocenters. The second kappa shape index (κ2) is 14.9. The van der Waals surface area contributed by atoms with Crippen molar-refractivity contribution in [2.75, 3.05) is 13.2 Å². The Morgan fingerprint density at radius 3 is 2.25 bits per heavy atom. The van der Waals surface area contributed by atoms with E-state index in [-0.39, 0.29) is 18.8 Å². The van der Waals surface area contributed by atoms with Gasteiger partial charge in [0.1, 0.15) is 5.78 Å². The van der Waals surface area contributed by atoms with Crippen LogP contribution in [0.4, 0.5) is 0 Å². The van der Waals surface area contributed by atoms with E-state index in [0.29, 0.717) is 19.4 Å². The molecule has 0 saturated carbocycles. The fourth-order valence-electron chi connectivity index (χ4n) is 1.33. The minimum absolute atomic E-state index is 0.0724. The topological polar surface area (TPSA) is 96.2 Å². The monoisotopic (exact) mass is 294 g/mol. The minimum Gasteiger partial charge on any atom is -0.394 e. The summed E-state index contributed by atoms with van der Waals surface area (Å²) in [6.07, 6.45) is -0.816. The van der Waals surface area contributed by atoms with Crippen molar-refractivity contribution in [2.24, 2.45) is 0 Å². The summed E-state index contributed by atoms with van der Waals surface area (Å²) in [6.45, 7) is 7.42. The normalized spacial score (nSPS) is 13.6. The number of Topliss-reactive ketones (excluding diaryl/α,β-unsaturated/α-hetero) is 1. The number of aliphatic hydroxyl groups is 3. The summed E-state index contributed by atoms with van der Waals surface area (Å²) in [4.78, 5) is 10.7. The zero-order valence-corrected chi connectivity index (χ0v) is 13.0. The van der Waals surface area contributed by atoms with Crippen LogP contribution < -0.4 is 0 Å². The van der Waals surface area contributed by atoms with Crippen molar-refractivity contribution in [3.8, 4) is 0 Å². The molecule has 0 rings (SSSR count). The third kappa shape index (κ3) is 15.5. The van der Waals surface area contributed by atoms with E-state index in [1.165, 1.54) is 6.92 Å². The minimum atomic E-state index is -1.52. The maximum Gasteiger partial charge on any atom is 0.162 e. The Hall–Kier alpha value is -0.530. The van der Waals surface area contributed by atoms with Crippen LogP contribution in [0.5, 0.6) is 0 Å². The van der Waals surface area contributed by atoms with Crippen molar-refractivity contribution in [3.63, 3.8) is 0 Å². The Bertz CT molecular complexity index is 220. The standard InChI is InChI=1S/C12H24O6.C2H6/c1-9(14)5-3-4-6-17-12(7-11(15)16)18-10(2)8-13;1-2/h10-13,15-16H,3-8H2,1-2H3;1-2H3. The first-order valence-electron chi connectivity index (χ1n) is 7.19. The predicted octanol–water partition coefficient (Wildman–Crippen LogP) is 1.21. The van der Waals surface area contributed by atoms with Gasteiger partial charge in [-0.25, -0.2) is 0 Å².